The number of amides is 1. The van der Waals surface area contributed by atoms with Gasteiger partial charge in [-0.1, -0.05) is 42.6 Å². The van der Waals surface area contributed by atoms with E-state index in [2.05, 4.69) is 5.32 Å². The molecule has 4 nitrogen and oxygen atoms in total. The molecule has 1 saturated carbocycles. The second kappa shape index (κ2) is 7.24. The number of aryl methyl sites for hydroxylation is 2. The molecule has 1 N–H and O–H groups in total. The number of benzene rings is 2. The molecule has 1 fully saturated rings. The van der Waals surface area contributed by atoms with Gasteiger partial charge in [0, 0.05) is 0 Å². The fourth-order valence-corrected chi connectivity index (χ4v) is 6.16. The predicted molar refractivity (Wildman–Crippen MR) is 104 cm³/mol. The fourth-order valence-electron chi connectivity index (χ4n) is 3.61. The van der Waals surface area contributed by atoms with Crippen LogP contribution in [0.3, 0.4) is 0 Å². The van der Waals surface area contributed by atoms with Crippen LogP contribution in [-0.2, 0) is 14.6 Å². The molecule has 27 heavy (non-hydrogen) atoms. The van der Waals surface area contributed by atoms with E-state index < -0.39 is 26.3 Å². The standard InChI is InChI=1S/C20H21ClFNO3S/c1-13-8-9-14(2)17(12-13)27(25,26)20(10-3-4-11-20)19(24)23-16-7-5-6-15(21)18(16)22/h5-9,12H,3-4,10-11H2,1-2H3,(H,23,24). The second-order valence-electron chi connectivity index (χ2n) is 7.03. The van der Waals surface area contributed by atoms with Gasteiger partial charge in [-0.25, -0.2) is 12.8 Å². The molecule has 3 rings (SSSR count). The predicted octanol–water partition coefficient (Wildman–Crippen LogP) is 4.82. The minimum Gasteiger partial charge on any atom is -0.322 e. The Hall–Kier alpha value is -1.92. The molecule has 0 atom stereocenters. The number of carbonyl (C=O) groups is 1. The average Bonchev–Trinajstić information content (AvgIpc) is 3.12. The first-order valence-corrected chi connectivity index (χ1v) is 10.6. The molecule has 7 heteroatoms. The van der Waals surface area contributed by atoms with Crippen molar-refractivity contribution in [1.29, 1.82) is 0 Å². The van der Waals surface area contributed by atoms with Gasteiger partial charge in [-0.05, 0) is 56.0 Å². The van der Waals surface area contributed by atoms with Gasteiger partial charge in [0.25, 0.3) is 0 Å². The van der Waals surface area contributed by atoms with Gasteiger partial charge in [-0.15, -0.1) is 0 Å². The number of rotatable bonds is 4. The summed E-state index contributed by atoms with van der Waals surface area (Å²) < 4.78 is 39.7. The summed E-state index contributed by atoms with van der Waals surface area (Å²) >= 11 is 5.77. The Bertz CT molecular complexity index is 998. The molecule has 0 spiro atoms. The Morgan fingerprint density at radius 1 is 1.15 bits per heavy atom. The molecule has 0 aromatic heterocycles. The fraction of sp³-hybridized carbons (Fsp3) is 0.350. The maximum Gasteiger partial charge on any atom is 0.246 e. The Labute approximate surface area is 163 Å². The average molecular weight is 410 g/mol. The first kappa shape index (κ1) is 19.8. The highest BCUT2D eigenvalue weighted by molar-refractivity contribution is 7.93. The van der Waals surface area contributed by atoms with Gasteiger partial charge >= 0.3 is 0 Å². The molecule has 0 aliphatic heterocycles. The van der Waals surface area contributed by atoms with Crippen molar-refractivity contribution in [2.45, 2.75) is 49.2 Å². The highest BCUT2D eigenvalue weighted by atomic mass is 35.5. The summed E-state index contributed by atoms with van der Waals surface area (Å²) in [5.74, 6) is -1.48. The van der Waals surface area contributed by atoms with Crippen molar-refractivity contribution in [1.82, 2.24) is 0 Å². The maximum atomic E-state index is 14.2. The van der Waals surface area contributed by atoms with E-state index in [1.165, 1.54) is 18.2 Å². The van der Waals surface area contributed by atoms with Crippen LogP contribution in [0.2, 0.25) is 5.02 Å². The Balaban J connectivity index is 2.06. The van der Waals surface area contributed by atoms with Crippen LogP contribution in [0.15, 0.2) is 41.3 Å². The Morgan fingerprint density at radius 2 is 1.81 bits per heavy atom. The van der Waals surface area contributed by atoms with Crippen LogP contribution in [-0.4, -0.2) is 19.1 Å². The molecular weight excluding hydrogens is 389 g/mol. The largest absolute Gasteiger partial charge is 0.322 e. The number of sulfone groups is 1. The van der Waals surface area contributed by atoms with Gasteiger partial charge in [-0.2, -0.15) is 0 Å². The zero-order valence-electron chi connectivity index (χ0n) is 15.2. The summed E-state index contributed by atoms with van der Waals surface area (Å²) in [5, 5.41) is 2.33. The van der Waals surface area contributed by atoms with Crippen molar-refractivity contribution in [3.8, 4) is 0 Å². The lowest BCUT2D eigenvalue weighted by molar-refractivity contribution is -0.118. The highest BCUT2D eigenvalue weighted by Crippen LogP contribution is 2.42. The third-order valence-corrected chi connectivity index (χ3v) is 8.11. The number of nitrogens with one attached hydrogen (secondary N) is 1. The topological polar surface area (TPSA) is 63.2 Å². The lowest BCUT2D eigenvalue weighted by Gasteiger charge is -2.28. The van der Waals surface area contributed by atoms with E-state index in [1.807, 2.05) is 6.07 Å². The number of hydrogen-bond acceptors (Lipinski definition) is 3. The third kappa shape index (κ3) is 3.36. The lowest BCUT2D eigenvalue weighted by atomic mass is 10.1. The number of hydrogen-bond donors (Lipinski definition) is 1. The quantitative estimate of drug-likeness (QED) is 0.787. The summed E-state index contributed by atoms with van der Waals surface area (Å²) in [4.78, 5) is 13.3. The molecule has 2 aromatic rings. The summed E-state index contributed by atoms with van der Waals surface area (Å²) in [6, 6.07) is 9.40. The Morgan fingerprint density at radius 3 is 2.48 bits per heavy atom. The van der Waals surface area contributed by atoms with E-state index in [0.29, 0.717) is 18.4 Å². The van der Waals surface area contributed by atoms with Gasteiger partial charge in [0.05, 0.1) is 15.6 Å². The normalized spacial score (nSPS) is 16.3. The van der Waals surface area contributed by atoms with Crippen molar-refractivity contribution in [2.24, 2.45) is 0 Å². The molecule has 144 valence electrons. The summed E-state index contributed by atoms with van der Waals surface area (Å²) in [6.07, 6.45) is 1.65. The zero-order valence-corrected chi connectivity index (χ0v) is 16.8. The Kier molecular flexibility index (Phi) is 5.32. The van der Waals surface area contributed by atoms with Crippen LogP contribution < -0.4 is 5.32 Å². The number of halogens is 2. The summed E-state index contributed by atoms with van der Waals surface area (Å²) in [6.45, 7) is 3.52. The van der Waals surface area contributed by atoms with Crippen molar-refractivity contribution in [3.05, 3.63) is 58.4 Å². The minimum absolute atomic E-state index is 0.116. The highest BCUT2D eigenvalue weighted by Gasteiger charge is 2.53. The number of anilines is 1. The smallest absolute Gasteiger partial charge is 0.246 e. The van der Waals surface area contributed by atoms with E-state index in [9.17, 15) is 17.6 Å². The van der Waals surface area contributed by atoms with Crippen molar-refractivity contribution >= 4 is 33.0 Å². The molecule has 0 radical (unpaired) electrons. The molecule has 0 heterocycles. The summed E-state index contributed by atoms with van der Waals surface area (Å²) in [7, 11) is -3.96. The van der Waals surface area contributed by atoms with Crippen LogP contribution >= 0.6 is 11.6 Å². The van der Waals surface area contributed by atoms with E-state index in [4.69, 9.17) is 11.6 Å². The van der Waals surface area contributed by atoms with Gasteiger partial charge in [0.2, 0.25) is 5.91 Å². The zero-order chi connectivity index (χ0) is 19.8. The van der Waals surface area contributed by atoms with Gasteiger partial charge in [0.1, 0.15) is 0 Å². The van der Waals surface area contributed by atoms with Crippen LogP contribution in [0.1, 0.15) is 36.8 Å². The van der Waals surface area contributed by atoms with Crippen LogP contribution in [0.4, 0.5) is 10.1 Å². The minimum atomic E-state index is -3.96. The SMILES string of the molecule is Cc1ccc(C)c(S(=O)(=O)C2(C(=O)Nc3cccc(Cl)c3F)CCCC2)c1. The van der Waals surface area contributed by atoms with Crippen molar-refractivity contribution in [3.63, 3.8) is 0 Å². The molecule has 2 aromatic carbocycles. The molecule has 0 saturated heterocycles. The molecule has 0 bridgehead atoms. The second-order valence-corrected chi connectivity index (χ2v) is 9.66. The van der Waals surface area contributed by atoms with E-state index >= 15 is 0 Å². The molecular formula is C20H21ClFNO3S. The van der Waals surface area contributed by atoms with E-state index in [1.54, 1.807) is 26.0 Å². The van der Waals surface area contributed by atoms with Gasteiger partial charge in [0.15, 0.2) is 20.4 Å². The lowest BCUT2D eigenvalue weighted by Crippen LogP contribution is -2.47. The number of carbonyl (C=O) groups excluding carboxylic acids is 1. The molecule has 1 amide bonds. The van der Waals surface area contributed by atoms with E-state index in [-0.39, 0.29) is 28.4 Å². The molecule has 1 aliphatic rings. The van der Waals surface area contributed by atoms with Crippen LogP contribution in [0.5, 0.6) is 0 Å². The van der Waals surface area contributed by atoms with E-state index in [0.717, 1.165) is 5.56 Å². The molecule has 1 aliphatic carbocycles. The van der Waals surface area contributed by atoms with Crippen LogP contribution in [0, 0.1) is 19.7 Å². The van der Waals surface area contributed by atoms with Gasteiger partial charge < -0.3 is 5.32 Å². The maximum absolute atomic E-state index is 14.2. The first-order valence-electron chi connectivity index (χ1n) is 8.76. The monoisotopic (exact) mass is 409 g/mol. The van der Waals surface area contributed by atoms with Crippen molar-refractivity contribution in [2.75, 3.05) is 5.32 Å². The van der Waals surface area contributed by atoms with Gasteiger partial charge in [-0.3, -0.25) is 4.79 Å². The first-order chi connectivity index (χ1) is 12.7. The van der Waals surface area contributed by atoms with Crippen molar-refractivity contribution < 1.29 is 17.6 Å². The molecule has 0 unspecified atom stereocenters. The summed E-state index contributed by atoms with van der Waals surface area (Å²) in [5.41, 5.74) is 1.28. The van der Waals surface area contributed by atoms with Crippen LogP contribution in [0.25, 0.3) is 0 Å². The third-order valence-electron chi connectivity index (χ3n) is 5.17.